The maximum atomic E-state index is 11.5. The smallest absolute Gasteiger partial charge is 0.342 e. The van der Waals surface area contributed by atoms with Gasteiger partial charge in [0.15, 0.2) is 0 Å². The highest BCUT2D eigenvalue weighted by atomic mass is 16.5. The molecule has 0 bridgehead atoms. The first-order chi connectivity index (χ1) is 6.59. The molecule has 0 spiro atoms. The van der Waals surface area contributed by atoms with E-state index in [9.17, 15) is 9.90 Å². The molecule has 0 unspecified atom stereocenters. The molecule has 1 aromatic carbocycles. The SMILES string of the molecule is Cc1ccc2c(c1O)C(=O)O[C@H](C)C2. The van der Waals surface area contributed by atoms with Crippen molar-refractivity contribution in [3.05, 3.63) is 28.8 Å². The summed E-state index contributed by atoms with van der Waals surface area (Å²) in [4.78, 5) is 11.5. The van der Waals surface area contributed by atoms with Crippen LogP contribution in [0.4, 0.5) is 0 Å². The Bertz CT molecular complexity index is 396. The van der Waals surface area contributed by atoms with Crippen molar-refractivity contribution in [2.45, 2.75) is 26.4 Å². The molecule has 1 aliphatic heterocycles. The molecule has 3 heteroatoms. The van der Waals surface area contributed by atoms with Crippen LogP contribution in [-0.2, 0) is 11.2 Å². The number of fused-ring (bicyclic) bond motifs is 1. The first-order valence-corrected chi connectivity index (χ1v) is 4.62. The van der Waals surface area contributed by atoms with Gasteiger partial charge in [0, 0.05) is 6.42 Å². The largest absolute Gasteiger partial charge is 0.507 e. The second kappa shape index (κ2) is 3.01. The minimum atomic E-state index is -0.417. The maximum absolute atomic E-state index is 11.5. The fourth-order valence-corrected chi connectivity index (χ4v) is 1.73. The highest BCUT2D eigenvalue weighted by Gasteiger charge is 2.27. The number of aryl methyl sites for hydroxylation is 1. The molecular formula is C11H12O3. The molecule has 0 aromatic heterocycles. The predicted octanol–water partition coefficient (Wildman–Crippen LogP) is 1.80. The summed E-state index contributed by atoms with van der Waals surface area (Å²) in [6, 6.07) is 3.70. The molecule has 3 nitrogen and oxygen atoms in total. The summed E-state index contributed by atoms with van der Waals surface area (Å²) < 4.78 is 5.05. The minimum absolute atomic E-state index is 0.0550. The summed E-state index contributed by atoms with van der Waals surface area (Å²) in [5.41, 5.74) is 1.91. The van der Waals surface area contributed by atoms with Gasteiger partial charge in [0.2, 0.25) is 0 Å². The number of phenolic OH excluding ortho intramolecular Hbond substituents is 1. The normalized spacial score (nSPS) is 20.1. The van der Waals surface area contributed by atoms with Gasteiger partial charge >= 0.3 is 5.97 Å². The number of aromatic hydroxyl groups is 1. The minimum Gasteiger partial charge on any atom is -0.507 e. The van der Waals surface area contributed by atoms with E-state index in [0.717, 1.165) is 5.56 Å². The summed E-state index contributed by atoms with van der Waals surface area (Å²) in [7, 11) is 0. The molecule has 0 saturated carbocycles. The number of cyclic esters (lactones) is 1. The molecule has 74 valence electrons. The lowest BCUT2D eigenvalue weighted by Gasteiger charge is -2.22. The second-order valence-electron chi connectivity index (χ2n) is 3.69. The van der Waals surface area contributed by atoms with Crippen molar-refractivity contribution in [1.82, 2.24) is 0 Å². The molecule has 0 aliphatic carbocycles. The van der Waals surface area contributed by atoms with Crippen LogP contribution in [0.1, 0.15) is 28.4 Å². The van der Waals surface area contributed by atoms with Crippen molar-refractivity contribution in [3.8, 4) is 5.75 Å². The zero-order chi connectivity index (χ0) is 10.3. The Morgan fingerprint density at radius 1 is 1.50 bits per heavy atom. The summed E-state index contributed by atoms with van der Waals surface area (Å²) in [6.07, 6.45) is 0.576. The Balaban J connectivity index is 2.60. The van der Waals surface area contributed by atoms with Gasteiger partial charge in [-0.15, -0.1) is 0 Å². The van der Waals surface area contributed by atoms with Crippen LogP contribution in [0.15, 0.2) is 12.1 Å². The standard InChI is InChI=1S/C11H12O3/c1-6-3-4-8-5-7(2)14-11(13)9(8)10(6)12/h3-4,7,12H,5H2,1-2H3/t7-/m1/s1. The second-order valence-corrected chi connectivity index (χ2v) is 3.69. The van der Waals surface area contributed by atoms with Crippen LogP contribution in [-0.4, -0.2) is 17.2 Å². The van der Waals surface area contributed by atoms with Crippen LogP contribution < -0.4 is 0 Å². The van der Waals surface area contributed by atoms with Crippen molar-refractivity contribution in [2.24, 2.45) is 0 Å². The van der Waals surface area contributed by atoms with E-state index in [2.05, 4.69) is 0 Å². The van der Waals surface area contributed by atoms with Crippen molar-refractivity contribution in [3.63, 3.8) is 0 Å². The van der Waals surface area contributed by atoms with Crippen LogP contribution >= 0.6 is 0 Å². The van der Waals surface area contributed by atoms with Gasteiger partial charge in [-0.1, -0.05) is 12.1 Å². The third-order valence-electron chi connectivity index (χ3n) is 2.49. The van der Waals surface area contributed by atoms with Gasteiger partial charge in [-0.25, -0.2) is 4.79 Å². The molecule has 1 atom stereocenters. The van der Waals surface area contributed by atoms with E-state index in [1.165, 1.54) is 0 Å². The van der Waals surface area contributed by atoms with Gasteiger partial charge in [0.25, 0.3) is 0 Å². The monoisotopic (exact) mass is 192 g/mol. The number of hydrogen-bond acceptors (Lipinski definition) is 3. The molecule has 1 aromatic rings. The molecule has 0 amide bonds. The Labute approximate surface area is 82.3 Å². The van der Waals surface area contributed by atoms with Crippen molar-refractivity contribution < 1.29 is 14.6 Å². The van der Waals surface area contributed by atoms with E-state index < -0.39 is 5.97 Å². The Morgan fingerprint density at radius 2 is 2.21 bits per heavy atom. The number of carbonyl (C=O) groups is 1. The van der Waals surface area contributed by atoms with Gasteiger partial charge in [0.05, 0.1) is 0 Å². The topological polar surface area (TPSA) is 46.5 Å². The van der Waals surface area contributed by atoms with E-state index >= 15 is 0 Å². The maximum Gasteiger partial charge on any atom is 0.342 e. The molecule has 1 heterocycles. The molecular weight excluding hydrogens is 180 g/mol. The lowest BCUT2D eigenvalue weighted by Crippen LogP contribution is -2.25. The summed E-state index contributed by atoms with van der Waals surface area (Å²) in [5.74, 6) is -0.362. The van der Waals surface area contributed by atoms with E-state index in [1.54, 1.807) is 6.92 Å². The predicted molar refractivity (Wildman–Crippen MR) is 51.4 cm³/mol. The fourth-order valence-electron chi connectivity index (χ4n) is 1.73. The highest BCUT2D eigenvalue weighted by Crippen LogP contribution is 2.30. The number of phenols is 1. The van der Waals surface area contributed by atoms with Gasteiger partial charge in [-0.3, -0.25) is 0 Å². The zero-order valence-electron chi connectivity index (χ0n) is 8.20. The number of rotatable bonds is 0. The Kier molecular flexibility index (Phi) is 1.95. The number of benzene rings is 1. The summed E-state index contributed by atoms with van der Waals surface area (Å²) in [5, 5.41) is 9.70. The number of ether oxygens (including phenoxy) is 1. The van der Waals surface area contributed by atoms with Crippen LogP contribution in [0.25, 0.3) is 0 Å². The van der Waals surface area contributed by atoms with Crippen LogP contribution in [0.5, 0.6) is 5.75 Å². The number of esters is 1. The highest BCUT2D eigenvalue weighted by molar-refractivity contribution is 5.95. The van der Waals surface area contributed by atoms with Gasteiger partial charge < -0.3 is 9.84 Å². The Morgan fingerprint density at radius 3 is 2.93 bits per heavy atom. The van der Waals surface area contributed by atoms with Crippen LogP contribution in [0.2, 0.25) is 0 Å². The molecule has 0 fully saturated rings. The molecule has 14 heavy (non-hydrogen) atoms. The molecule has 2 rings (SSSR count). The van der Waals surface area contributed by atoms with Gasteiger partial charge in [-0.2, -0.15) is 0 Å². The Hall–Kier alpha value is -1.51. The van der Waals surface area contributed by atoms with Crippen LogP contribution in [0.3, 0.4) is 0 Å². The van der Waals surface area contributed by atoms with E-state index in [-0.39, 0.29) is 11.9 Å². The summed E-state index contributed by atoms with van der Waals surface area (Å²) in [6.45, 7) is 3.61. The first kappa shape index (κ1) is 9.06. The van der Waals surface area contributed by atoms with E-state index in [1.807, 2.05) is 19.1 Å². The first-order valence-electron chi connectivity index (χ1n) is 4.62. The average Bonchev–Trinajstić information content (AvgIpc) is 2.10. The van der Waals surface area contributed by atoms with Gasteiger partial charge in [-0.05, 0) is 25.0 Å². The molecule has 1 N–H and O–H groups in total. The quantitative estimate of drug-likeness (QED) is 0.637. The molecule has 0 radical (unpaired) electrons. The van der Waals surface area contributed by atoms with Crippen molar-refractivity contribution in [1.29, 1.82) is 0 Å². The number of carbonyl (C=O) groups excluding carboxylic acids is 1. The molecule has 0 saturated heterocycles. The van der Waals surface area contributed by atoms with Crippen molar-refractivity contribution in [2.75, 3.05) is 0 Å². The van der Waals surface area contributed by atoms with Crippen LogP contribution in [0, 0.1) is 6.92 Å². The van der Waals surface area contributed by atoms with E-state index in [4.69, 9.17) is 4.74 Å². The zero-order valence-corrected chi connectivity index (χ0v) is 8.20. The third-order valence-corrected chi connectivity index (χ3v) is 2.49. The van der Waals surface area contributed by atoms with Gasteiger partial charge in [0.1, 0.15) is 17.4 Å². The lowest BCUT2D eigenvalue weighted by atomic mass is 9.96. The third kappa shape index (κ3) is 1.25. The molecule has 1 aliphatic rings. The fraction of sp³-hybridized carbons (Fsp3) is 0.364. The summed E-state index contributed by atoms with van der Waals surface area (Å²) >= 11 is 0. The van der Waals surface area contributed by atoms with Crippen molar-refractivity contribution >= 4 is 5.97 Å². The average molecular weight is 192 g/mol. The lowest BCUT2D eigenvalue weighted by molar-refractivity contribution is 0.0297. The number of hydrogen-bond donors (Lipinski definition) is 1. The van der Waals surface area contributed by atoms with E-state index in [0.29, 0.717) is 17.5 Å².